The molecule has 6 heterocycles. The van der Waals surface area contributed by atoms with Crippen molar-refractivity contribution >= 4 is 55.4 Å². The van der Waals surface area contributed by atoms with E-state index in [2.05, 4.69) is 56.0 Å². The van der Waals surface area contributed by atoms with Gasteiger partial charge in [-0.3, -0.25) is 19.8 Å². The number of pyridine rings is 1. The van der Waals surface area contributed by atoms with Crippen LogP contribution in [0.25, 0.3) is 11.0 Å². The van der Waals surface area contributed by atoms with E-state index in [0.29, 0.717) is 67.6 Å². The van der Waals surface area contributed by atoms with Crippen LogP contribution < -0.4 is 24.6 Å². The lowest BCUT2D eigenvalue weighted by Gasteiger charge is -2.62. The van der Waals surface area contributed by atoms with E-state index in [9.17, 15) is 28.4 Å². The Hall–Kier alpha value is -5.75. The molecule has 0 radical (unpaired) electrons. The minimum atomic E-state index is -4.60. The molecular formula is C49H56N8O8S. The number of aromatic nitrogens is 2. The second-order valence-electron chi connectivity index (χ2n) is 19.9. The van der Waals surface area contributed by atoms with Crippen molar-refractivity contribution in [2.24, 2.45) is 11.3 Å². The van der Waals surface area contributed by atoms with Crippen molar-refractivity contribution in [3.63, 3.8) is 0 Å². The molecule has 4 aliphatic heterocycles. The van der Waals surface area contributed by atoms with Crippen molar-refractivity contribution in [2.45, 2.75) is 99.9 Å². The Morgan fingerprint density at radius 1 is 1.02 bits per heavy atom. The van der Waals surface area contributed by atoms with E-state index in [0.717, 1.165) is 62.5 Å². The molecule has 2 aromatic heterocycles. The lowest BCUT2D eigenvalue weighted by molar-refractivity contribution is -0.384. The number of nitro benzene ring substituents is 1. The van der Waals surface area contributed by atoms with E-state index < -0.39 is 43.1 Å². The van der Waals surface area contributed by atoms with Crippen LogP contribution in [0.15, 0.2) is 83.9 Å². The SMILES string of the molecule is Cc1ccccc1[C@@H]1CCCN1C1CC2(C1)CN(c1ccc(C(=O)NS(=O)(=O)c3ccc(NCC4CCC(C)(O)CC4)c([N+](=O)[O-])c3)c(N3c4cc5cc[nH]c5nc4O[C@H]4COC[C@@H]43)c1)C2. The number of aromatic amines is 1. The fourth-order valence-corrected chi connectivity index (χ4v) is 12.7. The molecule has 1 spiro atoms. The fourth-order valence-electron chi connectivity index (χ4n) is 11.7. The van der Waals surface area contributed by atoms with Gasteiger partial charge < -0.3 is 34.7 Å². The van der Waals surface area contributed by atoms with Crippen LogP contribution in [0.4, 0.5) is 28.4 Å². The summed E-state index contributed by atoms with van der Waals surface area (Å²) in [5.74, 6) is -0.316. The van der Waals surface area contributed by atoms with Crippen molar-refractivity contribution < 1.29 is 32.7 Å². The number of H-pyrrole nitrogens is 1. The summed E-state index contributed by atoms with van der Waals surface area (Å²) in [5, 5.41) is 26.6. The number of nitrogens with zero attached hydrogens (tertiary/aromatic N) is 5. The molecule has 3 saturated heterocycles. The summed E-state index contributed by atoms with van der Waals surface area (Å²) in [5.41, 5.74) is 4.80. The number of aryl methyl sites for hydroxylation is 1. The zero-order chi connectivity index (χ0) is 45.5. The first kappa shape index (κ1) is 42.9. The summed E-state index contributed by atoms with van der Waals surface area (Å²) in [6, 6.07) is 22.4. The Morgan fingerprint density at radius 2 is 1.82 bits per heavy atom. The number of hydrogen-bond donors (Lipinski definition) is 4. The standard InChI is InChI=1S/C49H56N8O8S/c1-30-6-3-4-7-36(30)39-8-5-19-55(39)34-23-49(24-34)28-54(29-49)33-9-11-37(40(21-33)56-42-20-32-15-18-50-45(32)52-47(42)65-44-27-64-26-43(44)56)46(58)53-66(62,63)35-10-12-38(41(22-35)57(60)61)51-25-31-13-16-48(2,59)17-14-31/h3-4,6-7,9-12,15,18,20-22,31,34,39,43-44,51,59H,5,8,13-14,16-17,19,23-29H2,1-2H3,(H,50,52)(H,53,58)/t31?,39-,43-,44-,48?/m0/s1. The number of benzene rings is 3. The van der Waals surface area contributed by atoms with Gasteiger partial charge in [0.05, 0.1) is 45.9 Å². The van der Waals surface area contributed by atoms with Crippen LogP contribution in [0.2, 0.25) is 0 Å². The first-order chi connectivity index (χ1) is 31.7. The first-order valence-corrected chi connectivity index (χ1v) is 24.8. The van der Waals surface area contributed by atoms with E-state index >= 15 is 0 Å². The normalized spacial score (nSPS) is 26.0. The predicted molar refractivity (Wildman–Crippen MR) is 250 cm³/mol. The van der Waals surface area contributed by atoms with Gasteiger partial charge in [0.15, 0.2) is 0 Å². The molecule has 0 bridgehead atoms. The van der Waals surface area contributed by atoms with E-state index in [1.54, 1.807) is 12.3 Å². The van der Waals surface area contributed by atoms with Crippen molar-refractivity contribution in [1.82, 2.24) is 19.6 Å². The molecule has 2 aliphatic carbocycles. The Morgan fingerprint density at radius 3 is 2.61 bits per heavy atom. The van der Waals surface area contributed by atoms with Crippen LogP contribution in [0, 0.1) is 28.4 Å². The molecule has 4 N–H and O–H groups in total. The highest BCUT2D eigenvalue weighted by molar-refractivity contribution is 7.90. The van der Waals surface area contributed by atoms with Crippen molar-refractivity contribution in [3.8, 4) is 5.88 Å². The maximum Gasteiger partial charge on any atom is 0.293 e. The fraction of sp³-hybridized carbons (Fsp3) is 0.469. The number of likely N-dealkylation sites (tertiary alicyclic amines) is 1. The number of fused-ring (bicyclic) bond motifs is 3. The topological polar surface area (TPSA) is 196 Å². The van der Waals surface area contributed by atoms with E-state index in [1.807, 2.05) is 36.1 Å². The molecule has 3 atom stereocenters. The number of ether oxygens (including phenoxy) is 2. The van der Waals surface area contributed by atoms with Crippen molar-refractivity contribution in [3.05, 3.63) is 106 Å². The summed E-state index contributed by atoms with van der Waals surface area (Å²) in [6.45, 7) is 7.95. The van der Waals surface area contributed by atoms with Gasteiger partial charge in [-0.05, 0) is 131 Å². The number of nitrogens with one attached hydrogen (secondary N) is 3. The molecule has 5 aromatic rings. The molecule has 5 fully saturated rings. The number of amides is 1. The van der Waals surface area contributed by atoms with Crippen LogP contribution in [0.3, 0.4) is 0 Å². The van der Waals surface area contributed by atoms with Crippen LogP contribution >= 0.6 is 0 Å². The molecule has 346 valence electrons. The average molecular weight is 917 g/mol. The zero-order valence-corrected chi connectivity index (χ0v) is 38.1. The molecule has 2 saturated carbocycles. The number of hydrogen-bond acceptors (Lipinski definition) is 13. The minimum Gasteiger partial charge on any atom is -0.468 e. The number of anilines is 4. The summed E-state index contributed by atoms with van der Waals surface area (Å²) >= 11 is 0. The highest BCUT2D eigenvalue weighted by Gasteiger charge is 2.55. The van der Waals surface area contributed by atoms with E-state index in [4.69, 9.17) is 14.5 Å². The molecule has 66 heavy (non-hydrogen) atoms. The largest absolute Gasteiger partial charge is 0.468 e. The van der Waals surface area contributed by atoms with Gasteiger partial charge in [-0.1, -0.05) is 24.3 Å². The quantitative estimate of drug-likeness (QED) is 0.0759. The third kappa shape index (κ3) is 7.72. The van der Waals surface area contributed by atoms with Gasteiger partial charge in [0.1, 0.15) is 23.1 Å². The Labute approximate surface area is 383 Å². The molecule has 6 aliphatic rings. The summed E-state index contributed by atoms with van der Waals surface area (Å²) in [4.78, 5) is 40.8. The summed E-state index contributed by atoms with van der Waals surface area (Å²) < 4.78 is 42.7. The molecule has 0 unspecified atom stereocenters. The number of nitro groups is 1. The van der Waals surface area contributed by atoms with E-state index in [1.165, 1.54) is 36.1 Å². The third-order valence-electron chi connectivity index (χ3n) is 15.4. The van der Waals surface area contributed by atoms with Crippen LogP contribution in [-0.2, 0) is 14.8 Å². The maximum atomic E-state index is 14.5. The summed E-state index contributed by atoms with van der Waals surface area (Å²) in [7, 11) is -4.60. The Bertz CT molecular complexity index is 2830. The van der Waals surface area contributed by atoms with Gasteiger partial charge in [0, 0.05) is 60.5 Å². The van der Waals surface area contributed by atoms with Crippen molar-refractivity contribution in [1.29, 1.82) is 0 Å². The first-order valence-electron chi connectivity index (χ1n) is 23.3. The van der Waals surface area contributed by atoms with Gasteiger partial charge >= 0.3 is 0 Å². The predicted octanol–water partition coefficient (Wildman–Crippen LogP) is 7.36. The minimum absolute atomic E-state index is 0.101. The van der Waals surface area contributed by atoms with Gasteiger partial charge in [-0.25, -0.2) is 13.1 Å². The van der Waals surface area contributed by atoms with E-state index in [-0.39, 0.29) is 28.6 Å². The lowest BCUT2D eigenvalue weighted by Crippen LogP contribution is -2.66. The number of rotatable bonds is 11. The van der Waals surface area contributed by atoms with Gasteiger partial charge in [0.2, 0.25) is 5.88 Å². The van der Waals surface area contributed by atoms with Crippen molar-refractivity contribution in [2.75, 3.05) is 54.5 Å². The molecular weight excluding hydrogens is 861 g/mol. The van der Waals surface area contributed by atoms with Crippen LogP contribution in [-0.4, -0.2) is 102 Å². The second-order valence-corrected chi connectivity index (χ2v) is 21.6. The highest BCUT2D eigenvalue weighted by atomic mass is 32.2. The Kier molecular flexibility index (Phi) is 10.5. The van der Waals surface area contributed by atoms with Gasteiger partial charge in [-0.2, -0.15) is 4.98 Å². The molecule has 3 aromatic carbocycles. The highest BCUT2D eigenvalue weighted by Crippen LogP contribution is 2.55. The summed E-state index contributed by atoms with van der Waals surface area (Å²) in [6.07, 6.45) is 8.85. The third-order valence-corrected chi connectivity index (χ3v) is 16.7. The lowest BCUT2D eigenvalue weighted by atomic mass is 9.60. The van der Waals surface area contributed by atoms with Crippen LogP contribution in [0.1, 0.15) is 85.8 Å². The average Bonchev–Trinajstić information content (AvgIpc) is 4.05. The molecule has 17 heteroatoms. The smallest absolute Gasteiger partial charge is 0.293 e. The van der Waals surface area contributed by atoms with Crippen LogP contribution in [0.5, 0.6) is 5.88 Å². The number of aliphatic hydroxyl groups is 1. The number of carbonyl (C=O) groups excluding carboxylic acids is 1. The molecule has 11 rings (SSSR count). The molecule has 16 nitrogen and oxygen atoms in total. The number of sulfonamides is 1. The number of carbonyl (C=O) groups is 1. The monoisotopic (exact) mass is 916 g/mol. The Balaban J connectivity index is 0.869. The maximum absolute atomic E-state index is 14.5. The van der Waals surface area contributed by atoms with Gasteiger partial charge in [0.25, 0.3) is 21.6 Å². The second kappa shape index (κ2) is 16.2. The zero-order valence-electron chi connectivity index (χ0n) is 37.2. The molecule has 1 amide bonds. The van der Waals surface area contributed by atoms with Gasteiger partial charge in [-0.15, -0.1) is 0 Å².